The third-order valence-corrected chi connectivity index (χ3v) is 3.36. The maximum absolute atomic E-state index is 11.5. The number of hydrogen-bond acceptors (Lipinski definition) is 3. The molecule has 0 saturated heterocycles. The zero-order valence-electron chi connectivity index (χ0n) is 10.7. The van der Waals surface area contributed by atoms with Crippen LogP contribution in [0.4, 0.5) is 0 Å². The van der Waals surface area contributed by atoms with Gasteiger partial charge in [-0.2, -0.15) is 0 Å². The monoisotopic (exact) mass is 227 g/mol. The van der Waals surface area contributed by atoms with E-state index < -0.39 is 0 Å². The predicted octanol–water partition coefficient (Wildman–Crippen LogP) is 0.428. The normalized spacial score (nSPS) is 19.2. The first-order valence-electron chi connectivity index (χ1n) is 6.18. The van der Waals surface area contributed by atoms with Crippen LogP contribution in [0.2, 0.25) is 0 Å². The Kier molecular flexibility index (Phi) is 5.22. The second-order valence-electron chi connectivity index (χ2n) is 5.15. The van der Waals surface area contributed by atoms with Gasteiger partial charge in [-0.1, -0.05) is 6.92 Å². The van der Waals surface area contributed by atoms with Crippen LogP contribution in [0.15, 0.2) is 0 Å². The lowest BCUT2D eigenvalue weighted by atomic mass is 10.1. The lowest BCUT2D eigenvalue weighted by Crippen LogP contribution is -2.42. The number of rotatable bonds is 7. The molecule has 1 saturated carbocycles. The molecule has 0 aromatic heterocycles. The summed E-state index contributed by atoms with van der Waals surface area (Å²) in [6, 6.07) is 0.121. The van der Waals surface area contributed by atoms with Crippen LogP contribution in [0.3, 0.4) is 0 Å². The molecule has 0 aromatic rings. The van der Waals surface area contributed by atoms with E-state index >= 15 is 0 Å². The highest BCUT2D eigenvalue weighted by molar-refractivity contribution is 5.76. The van der Waals surface area contributed by atoms with Gasteiger partial charge < -0.3 is 16.0 Å². The number of hydrogen-bond donors (Lipinski definition) is 2. The summed E-state index contributed by atoms with van der Waals surface area (Å²) in [5.74, 6) is 1.75. The number of carbonyl (C=O) groups excluding carboxylic acids is 1. The van der Waals surface area contributed by atoms with Gasteiger partial charge in [-0.15, -0.1) is 0 Å². The molecule has 0 aliphatic heterocycles. The number of amides is 1. The fourth-order valence-electron chi connectivity index (χ4n) is 1.82. The Bertz CT molecular complexity index is 226. The van der Waals surface area contributed by atoms with Crippen LogP contribution in [-0.2, 0) is 4.79 Å². The lowest BCUT2D eigenvalue weighted by Gasteiger charge is -2.21. The fraction of sp³-hybridized carbons (Fsp3) is 0.917. The third kappa shape index (κ3) is 4.49. The number of nitrogens with one attached hydrogen (secondary N) is 1. The highest BCUT2D eigenvalue weighted by Gasteiger charge is 2.28. The van der Waals surface area contributed by atoms with Crippen LogP contribution in [0.5, 0.6) is 0 Å². The van der Waals surface area contributed by atoms with Crippen molar-refractivity contribution in [1.82, 2.24) is 10.2 Å². The van der Waals surface area contributed by atoms with Crippen LogP contribution in [-0.4, -0.2) is 44.0 Å². The molecule has 0 aromatic carbocycles. The SMILES string of the molecule is CC(CNC(CN)CC(=O)N(C)C)C1CC1. The maximum atomic E-state index is 11.5. The summed E-state index contributed by atoms with van der Waals surface area (Å²) < 4.78 is 0. The number of nitrogens with two attached hydrogens (primary N) is 1. The molecule has 16 heavy (non-hydrogen) atoms. The Labute approximate surface area is 98.6 Å². The van der Waals surface area contributed by atoms with Crippen LogP contribution >= 0.6 is 0 Å². The van der Waals surface area contributed by atoms with E-state index in [-0.39, 0.29) is 11.9 Å². The van der Waals surface area contributed by atoms with E-state index in [4.69, 9.17) is 5.73 Å². The van der Waals surface area contributed by atoms with Crippen molar-refractivity contribution in [3.63, 3.8) is 0 Å². The molecule has 4 nitrogen and oxygen atoms in total. The smallest absolute Gasteiger partial charge is 0.223 e. The van der Waals surface area contributed by atoms with Gasteiger partial charge in [-0.3, -0.25) is 4.79 Å². The number of nitrogens with zero attached hydrogens (tertiary/aromatic N) is 1. The Morgan fingerprint density at radius 1 is 1.50 bits per heavy atom. The van der Waals surface area contributed by atoms with E-state index in [1.54, 1.807) is 19.0 Å². The van der Waals surface area contributed by atoms with Gasteiger partial charge in [0.2, 0.25) is 5.91 Å². The van der Waals surface area contributed by atoms with E-state index in [2.05, 4.69) is 12.2 Å². The van der Waals surface area contributed by atoms with E-state index in [0.717, 1.165) is 12.5 Å². The van der Waals surface area contributed by atoms with Crippen molar-refractivity contribution in [1.29, 1.82) is 0 Å². The van der Waals surface area contributed by atoms with E-state index in [0.29, 0.717) is 18.9 Å². The summed E-state index contributed by atoms with van der Waals surface area (Å²) in [5, 5.41) is 3.40. The Balaban J connectivity index is 2.22. The molecule has 1 aliphatic carbocycles. The first kappa shape index (κ1) is 13.5. The summed E-state index contributed by atoms with van der Waals surface area (Å²) in [7, 11) is 3.56. The molecule has 4 heteroatoms. The molecule has 0 bridgehead atoms. The van der Waals surface area contributed by atoms with Crippen molar-refractivity contribution < 1.29 is 4.79 Å². The average Bonchev–Trinajstić information content (AvgIpc) is 3.06. The zero-order chi connectivity index (χ0) is 12.1. The first-order chi connectivity index (χ1) is 7.54. The van der Waals surface area contributed by atoms with Crippen LogP contribution in [0.1, 0.15) is 26.2 Å². The van der Waals surface area contributed by atoms with E-state index in [9.17, 15) is 4.79 Å². The van der Waals surface area contributed by atoms with Crippen LogP contribution in [0.25, 0.3) is 0 Å². The molecule has 0 heterocycles. The molecule has 94 valence electrons. The Hall–Kier alpha value is -0.610. The predicted molar refractivity (Wildman–Crippen MR) is 66.0 cm³/mol. The van der Waals surface area contributed by atoms with Gasteiger partial charge >= 0.3 is 0 Å². The van der Waals surface area contributed by atoms with Crippen molar-refractivity contribution >= 4 is 5.91 Å². The first-order valence-corrected chi connectivity index (χ1v) is 6.18. The summed E-state index contributed by atoms with van der Waals surface area (Å²) in [6.07, 6.45) is 3.24. The second kappa shape index (κ2) is 6.21. The molecular formula is C12H25N3O. The van der Waals surface area contributed by atoms with Gasteiger partial charge in [0.15, 0.2) is 0 Å². The van der Waals surface area contributed by atoms with Gasteiger partial charge in [0.05, 0.1) is 0 Å². The minimum atomic E-state index is 0.121. The zero-order valence-corrected chi connectivity index (χ0v) is 10.7. The molecule has 2 atom stereocenters. The molecule has 1 fully saturated rings. The highest BCUT2D eigenvalue weighted by Crippen LogP contribution is 2.36. The van der Waals surface area contributed by atoms with Crippen LogP contribution in [0, 0.1) is 11.8 Å². The molecule has 1 amide bonds. The fourth-order valence-corrected chi connectivity index (χ4v) is 1.82. The van der Waals surface area contributed by atoms with E-state index in [1.807, 2.05) is 0 Å². The molecule has 2 unspecified atom stereocenters. The van der Waals surface area contributed by atoms with Crippen molar-refractivity contribution in [3.8, 4) is 0 Å². The Morgan fingerprint density at radius 3 is 2.56 bits per heavy atom. The van der Waals surface area contributed by atoms with Gasteiger partial charge in [-0.05, 0) is 31.2 Å². The minimum Gasteiger partial charge on any atom is -0.349 e. The molecule has 0 radical (unpaired) electrons. The standard InChI is InChI=1S/C12H25N3O/c1-9(10-4-5-10)8-14-11(7-13)6-12(16)15(2)3/h9-11,14H,4-8,13H2,1-3H3. The summed E-state index contributed by atoms with van der Waals surface area (Å²) in [4.78, 5) is 13.2. The lowest BCUT2D eigenvalue weighted by molar-refractivity contribution is -0.129. The summed E-state index contributed by atoms with van der Waals surface area (Å²) in [5.41, 5.74) is 5.67. The summed E-state index contributed by atoms with van der Waals surface area (Å²) in [6.45, 7) is 3.77. The minimum absolute atomic E-state index is 0.121. The molecular weight excluding hydrogens is 202 g/mol. The van der Waals surface area contributed by atoms with Crippen molar-refractivity contribution in [2.24, 2.45) is 17.6 Å². The summed E-state index contributed by atoms with van der Waals surface area (Å²) >= 11 is 0. The van der Waals surface area contributed by atoms with Gasteiger partial charge in [0.1, 0.15) is 0 Å². The topological polar surface area (TPSA) is 58.4 Å². The van der Waals surface area contributed by atoms with Crippen molar-refractivity contribution in [2.45, 2.75) is 32.2 Å². The Morgan fingerprint density at radius 2 is 2.12 bits per heavy atom. The maximum Gasteiger partial charge on any atom is 0.223 e. The van der Waals surface area contributed by atoms with Gasteiger partial charge in [0.25, 0.3) is 0 Å². The highest BCUT2D eigenvalue weighted by atomic mass is 16.2. The second-order valence-corrected chi connectivity index (χ2v) is 5.15. The number of carbonyl (C=O) groups is 1. The van der Waals surface area contributed by atoms with Crippen LogP contribution < -0.4 is 11.1 Å². The van der Waals surface area contributed by atoms with Crippen molar-refractivity contribution in [2.75, 3.05) is 27.2 Å². The van der Waals surface area contributed by atoms with Gasteiger partial charge in [-0.25, -0.2) is 0 Å². The molecule has 3 N–H and O–H groups in total. The molecule has 0 spiro atoms. The van der Waals surface area contributed by atoms with Gasteiger partial charge in [0, 0.05) is 33.1 Å². The van der Waals surface area contributed by atoms with Crippen molar-refractivity contribution in [3.05, 3.63) is 0 Å². The molecule has 1 rings (SSSR count). The average molecular weight is 227 g/mol. The quantitative estimate of drug-likeness (QED) is 0.663. The largest absolute Gasteiger partial charge is 0.349 e. The molecule has 1 aliphatic rings. The van der Waals surface area contributed by atoms with E-state index in [1.165, 1.54) is 12.8 Å². The third-order valence-electron chi connectivity index (χ3n) is 3.36.